The summed E-state index contributed by atoms with van der Waals surface area (Å²) < 4.78 is 9.90. The highest BCUT2D eigenvalue weighted by molar-refractivity contribution is 5.88. The minimum absolute atomic E-state index is 0.403. The number of aliphatic hydroxyl groups is 1. The molecule has 0 spiro atoms. The van der Waals surface area contributed by atoms with E-state index in [0.717, 1.165) is 19.3 Å². The third-order valence-corrected chi connectivity index (χ3v) is 3.90. The first-order valence-electron chi connectivity index (χ1n) is 7.11. The largest absolute Gasteiger partial charge is 0.467 e. The van der Waals surface area contributed by atoms with Gasteiger partial charge in [0.25, 0.3) is 0 Å². The van der Waals surface area contributed by atoms with Gasteiger partial charge in [0.05, 0.1) is 24.8 Å². The number of hydrogen-bond acceptors (Lipinski definition) is 5. The number of carbonyl (C=O) groups excluding carboxylic acids is 1. The Morgan fingerprint density at radius 3 is 3.15 bits per heavy atom. The fourth-order valence-electron chi connectivity index (χ4n) is 2.91. The third kappa shape index (κ3) is 3.84. The standard InChI is InChI=1S/C15H23NO4/c1-11-4-3-5-15(18,7-11)10-16-8-13-6-12(9-20-13)14(17)19-2/h6,9,11,16,18H,3-5,7-8,10H2,1-2H3. The van der Waals surface area contributed by atoms with E-state index in [1.54, 1.807) is 6.07 Å². The van der Waals surface area contributed by atoms with Crippen LogP contribution in [0.25, 0.3) is 0 Å². The van der Waals surface area contributed by atoms with Gasteiger partial charge in [-0.1, -0.05) is 19.8 Å². The minimum atomic E-state index is -0.616. The van der Waals surface area contributed by atoms with Gasteiger partial charge in [-0.3, -0.25) is 0 Å². The summed E-state index contributed by atoms with van der Waals surface area (Å²) in [5, 5.41) is 13.7. The number of hydrogen-bond donors (Lipinski definition) is 2. The molecule has 0 aliphatic heterocycles. The summed E-state index contributed by atoms with van der Waals surface area (Å²) in [5.74, 6) is 0.836. The molecule has 0 radical (unpaired) electrons. The first-order chi connectivity index (χ1) is 9.52. The van der Waals surface area contributed by atoms with Crippen LogP contribution in [0.1, 0.15) is 48.7 Å². The molecule has 5 heteroatoms. The predicted octanol–water partition coefficient (Wildman–Crippen LogP) is 2.10. The van der Waals surface area contributed by atoms with Crippen LogP contribution in [0.2, 0.25) is 0 Å². The average molecular weight is 281 g/mol. The molecule has 2 N–H and O–H groups in total. The molecule has 1 aliphatic rings. The minimum Gasteiger partial charge on any atom is -0.467 e. The molecule has 0 bridgehead atoms. The average Bonchev–Trinajstić information content (AvgIpc) is 2.86. The van der Waals surface area contributed by atoms with Crippen molar-refractivity contribution in [1.29, 1.82) is 0 Å². The third-order valence-electron chi connectivity index (χ3n) is 3.90. The lowest BCUT2D eigenvalue weighted by Crippen LogP contribution is -2.43. The zero-order chi connectivity index (χ0) is 14.6. The molecule has 2 unspecified atom stereocenters. The molecule has 1 saturated carbocycles. The van der Waals surface area contributed by atoms with Gasteiger partial charge in [-0.25, -0.2) is 4.79 Å². The Bertz CT molecular complexity index is 456. The molecule has 20 heavy (non-hydrogen) atoms. The topological polar surface area (TPSA) is 71.7 Å². The first kappa shape index (κ1) is 15.1. The summed E-state index contributed by atoms with van der Waals surface area (Å²) in [6.45, 7) is 3.22. The van der Waals surface area contributed by atoms with Crippen LogP contribution >= 0.6 is 0 Å². The van der Waals surface area contributed by atoms with Gasteiger partial charge < -0.3 is 19.6 Å². The lowest BCUT2D eigenvalue weighted by Gasteiger charge is -2.35. The lowest BCUT2D eigenvalue weighted by atomic mass is 9.79. The second-order valence-corrected chi connectivity index (χ2v) is 5.82. The summed E-state index contributed by atoms with van der Waals surface area (Å²) in [4.78, 5) is 11.3. The molecule has 2 rings (SSSR count). The molecule has 1 aliphatic carbocycles. The molecule has 0 saturated heterocycles. The summed E-state index contributed by atoms with van der Waals surface area (Å²) in [6, 6.07) is 1.66. The molecular formula is C15H23NO4. The molecule has 1 aromatic rings. The van der Waals surface area contributed by atoms with Gasteiger partial charge in [0, 0.05) is 6.54 Å². The van der Waals surface area contributed by atoms with Gasteiger partial charge in [0.2, 0.25) is 0 Å². The second-order valence-electron chi connectivity index (χ2n) is 5.82. The van der Waals surface area contributed by atoms with Crippen molar-refractivity contribution in [3.05, 3.63) is 23.7 Å². The molecule has 112 valence electrons. The van der Waals surface area contributed by atoms with E-state index in [1.807, 2.05) is 0 Å². The number of ether oxygens (including phenoxy) is 1. The Labute approximate surface area is 119 Å². The smallest absolute Gasteiger partial charge is 0.341 e. The summed E-state index contributed by atoms with van der Waals surface area (Å²) in [5.41, 5.74) is -0.204. The maximum absolute atomic E-state index is 11.3. The van der Waals surface area contributed by atoms with Crippen molar-refractivity contribution in [2.75, 3.05) is 13.7 Å². The van der Waals surface area contributed by atoms with Gasteiger partial charge in [0.1, 0.15) is 12.0 Å². The summed E-state index contributed by atoms with van der Waals surface area (Å²) >= 11 is 0. The van der Waals surface area contributed by atoms with E-state index < -0.39 is 11.6 Å². The summed E-state index contributed by atoms with van der Waals surface area (Å²) in [6.07, 6.45) is 5.34. The van der Waals surface area contributed by atoms with E-state index in [1.165, 1.54) is 19.8 Å². The maximum Gasteiger partial charge on any atom is 0.341 e. The zero-order valence-electron chi connectivity index (χ0n) is 12.1. The van der Waals surface area contributed by atoms with Crippen molar-refractivity contribution >= 4 is 5.97 Å². The fourth-order valence-corrected chi connectivity index (χ4v) is 2.91. The van der Waals surface area contributed by atoms with Crippen molar-refractivity contribution in [2.45, 2.75) is 44.8 Å². The monoisotopic (exact) mass is 281 g/mol. The number of rotatable bonds is 5. The van der Waals surface area contributed by atoms with Crippen molar-refractivity contribution < 1.29 is 19.1 Å². The van der Waals surface area contributed by atoms with Gasteiger partial charge in [-0.2, -0.15) is 0 Å². The van der Waals surface area contributed by atoms with Crippen molar-refractivity contribution in [1.82, 2.24) is 5.32 Å². The van der Waals surface area contributed by atoms with Crippen LogP contribution in [-0.4, -0.2) is 30.3 Å². The highest BCUT2D eigenvalue weighted by Gasteiger charge is 2.32. The molecule has 5 nitrogen and oxygen atoms in total. The van der Waals surface area contributed by atoms with Crippen LogP contribution in [0.5, 0.6) is 0 Å². The normalized spacial score (nSPS) is 26.4. The van der Waals surface area contributed by atoms with Crippen molar-refractivity contribution in [3.8, 4) is 0 Å². The Balaban J connectivity index is 1.80. The number of esters is 1. The van der Waals surface area contributed by atoms with E-state index in [0.29, 0.717) is 30.3 Å². The number of nitrogens with one attached hydrogen (secondary N) is 1. The fraction of sp³-hybridized carbons (Fsp3) is 0.667. The van der Waals surface area contributed by atoms with Gasteiger partial charge in [-0.05, 0) is 24.8 Å². The SMILES string of the molecule is COC(=O)c1coc(CNCC2(O)CCCC(C)C2)c1. The second kappa shape index (κ2) is 6.41. The van der Waals surface area contributed by atoms with Crippen LogP contribution in [0.4, 0.5) is 0 Å². The van der Waals surface area contributed by atoms with Crippen LogP contribution in [-0.2, 0) is 11.3 Å². The molecule has 1 aromatic heterocycles. The Kier molecular flexibility index (Phi) is 4.83. The molecule has 1 heterocycles. The van der Waals surface area contributed by atoms with Gasteiger partial charge in [-0.15, -0.1) is 0 Å². The van der Waals surface area contributed by atoms with E-state index in [4.69, 9.17) is 4.42 Å². The van der Waals surface area contributed by atoms with Crippen LogP contribution in [0.3, 0.4) is 0 Å². The van der Waals surface area contributed by atoms with Gasteiger partial charge >= 0.3 is 5.97 Å². The quantitative estimate of drug-likeness (QED) is 0.809. The number of methoxy groups -OCH3 is 1. The summed E-state index contributed by atoms with van der Waals surface area (Å²) in [7, 11) is 1.34. The van der Waals surface area contributed by atoms with Crippen molar-refractivity contribution in [3.63, 3.8) is 0 Å². The van der Waals surface area contributed by atoms with Crippen LogP contribution in [0, 0.1) is 5.92 Å². The lowest BCUT2D eigenvalue weighted by molar-refractivity contribution is -0.0121. The van der Waals surface area contributed by atoms with E-state index in [2.05, 4.69) is 17.0 Å². The number of furan rings is 1. The maximum atomic E-state index is 11.3. The van der Waals surface area contributed by atoms with Crippen LogP contribution in [0.15, 0.2) is 16.7 Å². The number of carbonyl (C=O) groups is 1. The Morgan fingerprint density at radius 1 is 1.65 bits per heavy atom. The highest BCUT2D eigenvalue weighted by Crippen LogP contribution is 2.31. The Morgan fingerprint density at radius 2 is 2.45 bits per heavy atom. The molecule has 1 fully saturated rings. The highest BCUT2D eigenvalue weighted by atomic mass is 16.5. The molecule has 2 atom stereocenters. The molecular weight excluding hydrogens is 258 g/mol. The van der Waals surface area contributed by atoms with Crippen molar-refractivity contribution in [2.24, 2.45) is 5.92 Å². The molecule has 0 aromatic carbocycles. The van der Waals surface area contributed by atoms with Crippen LogP contribution < -0.4 is 5.32 Å². The Hall–Kier alpha value is -1.33. The first-order valence-corrected chi connectivity index (χ1v) is 7.11. The molecule has 0 amide bonds. The van der Waals surface area contributed by atoms with E-state index in [9.17, 15) is 9.90 Å². The van der Waals surface area contributed by atoms with Gasteiger partial charge in [0.15, 0.2) is 0 Å². The van der Waals surface area contributed by atoms with E-state index in [-0.39, 0.29) is 0 Å². The zero-order valence-corrected chi connectivity index (χ0v) is 12.1. The van der Waals surface area contributed by atoms with E-state index >= 15 is 0 Å². The predicted molar refractivity (Wildman–Crippen MR) is 74.3 cm³/mol.